The largest absolute Gasteiger partial charge is 0.497 e. The van der Waals surface area contributed by atoms with Crippen molar-refractivity contribution in [3.8, 4) is 0 Å². The zero-order valence-electron chi connectivity index (χ0n) is 12.8. The van der Waals surface area contributed by atoms with Gasteiger partial charge < -0.3 is 14.2 Å². The van der Waals surface area contributed by atoms with Gasteiger partial charge in [0, 0.05) is 19.6 Å². The fourth-order valence-electron chi connectivity index (χ4n) is 2.05. The van der Waals surface area contributed by atoms with Crippen LogP contribution in [0.1, 0.15) is 27.7 Å². The van der Waals surface area contributed by atoms with Crippen molar-refractivity contribution >= 4 is 18.3 Å². The quantitative estimate of drug-likeness (QED) is 0.778. The van der Waals surface area contributed by atoms with E-state index in [9.17, 15) is 8.78 Å². The van der Waals surface area contributed by atoms with Gasteiger partial charge in [-0.05, 0) is 33.8 Å². The summed E-state index contributed by atoms with van der Waals surface area (Å²) in [7, 11) is 2.42. The van der Waals surface area contributed by atoms with Crippen molar-refractivity contribution in [3.05, 3.63) is 23.8 Å². The Labute approximate surface area is 119 Å². The molecule has 110 valence electrons. The first-order valence-corrected chi connectivity index (χ1v) is 6.58. The Morgan fingerprint density at radius 1 is 0.950 bits per heavy atom. The highest BCUT2D eigenvalue weighted by Gasteiger charge is 2.52. The maximum Gasteiger partial charge on any atom is 0.497 e. The third-order valence-electron chi connectivity index (χ3n) is 4.08. The van der Waals surface area contributed by atoms with E-state index in [1.54, 1.807) is 14.1 Å². The molecule has 3 nitrogen and oxygen atoms in total. The molecule has 0 aliphatic carbocycles. The molecule has 0 bridgehead atoms. The third kappa shape index (κ3) is 2.31. The first kappa shape index (κ1) is 15.3. The lowest BCUT2D eigenvalue weighted by molar-refractivity contribution is 0.00578. The van der Waals surface area contributed by atoms with E-state index < -0.39 is 30.0 Å². The normalized spacial score (nSPS) is 20.3. The molecular weight excluding hydrogens is 263 g/mol. The van der Waals surface area contributed by atoms with Gasteiger partial charge in [-0.15, -0.1) is 0 Å². The van der Waals surface area contributed by atoms with Crippen LogP contribution in [-0.4, -0.2) is 32.4 Å². The van der Waals surface area contributed by atoms with Crippen molar-refractivity contribution in [2.24, 2.45) is 0 Å². The van der Waals surface area contributed by atoms with E-state index in [4.69, 9.17) is 9.31 Å². The van der Waals surface area contributed by atoms with Gasteiger partial charge in [0.2, 0.25) is 0 Å². The van der Waals surface area contributed by atoms with Gasteiger partial charge in [-0.2, -0.15) is 0 Å². The smallest absolute Gasteiger partial charge is 0.399 e. The van der Waals surface area contributed by atoms with Crippen molar-refractivity contribution in [1.82, 2.24) is 0 Å². The molecule has 1 heterocycles. The van der Waals surface area contributed by atoms with Crippen LogP contribution in [0.15, 0.2) is 12.1 Å². The highest BCUT2D eigenvalue weighted by Crippen LogP contribution is 2.37. The van der Waals surface area contributed by atoms with Crippen LogP contribution in [0.2, 0.25) is 0 Å². The van der Waals surface area contributed by atoms with Gasteiger partial charge >= 0.3 is 7.12 Å². The highest BCUT2D eigenvalue weighted by atomic mass is 19.2. The van der Waals surface area contributed by atoms with E-state index in [1.807, 2.05) is 27.7 Å². The summed E-state index contributed by atoms with van der Waals surface area (Å²) in [5, 5.41) is 0. The predicted octanol–water partition coefficient (Wildman–Crippen LogP) is 2.33. The Hall–Kier alpha value is -1.14. The number of rotatable bonds is 2. The summed E-state index contributed by atoms with van der Waals surface area (Å²) in [4.78, 5) is 1.52. The van der Waals surface area contributed by atoms with E-state index in [0.717, 1.165) is 0 Å². The fourth-order valence-corrected chi connectivity index (χ4v) is 2.05. The highest BCUT2D eigenvalue weighted by molar-refractivity contribution is 6.62. The van der Waals surface area contributed by atoms with Crippen LogP contribution in [0.4, 0.5) is 14.5 Å². The molecule has 1 fully saturated rings. The maximum absolute atomic E-state index is 14.2. The van der Waals surface area contributed by atoms with Gasteiger partial charge in [-0.25, -0.2) is 8.78 Å². The molecule has 1 aromatic carbocycles. The van der Waals surface area contributed by atoms with Gasteiger partial charge in [0.05, 0.1) is 16.9 Å². The minimum atomic E-state index is -0.922. The van der Waals surface area contributed by atoms with Crippen LogP contribution < -0.4 is 10.4 Å². The summed E-state index contributed by atoms with van der Waals surface area (Å²) in [6.45, 7) is 7.48. The molecular formula is C14H20BF2NO2. The fraction of sp³-hybridized carbons (Fsp3) is 0.571. The number of nitrogens with zero attached hydrogens (tertiary/aromatic N) is 1. The van der Waals surface area contributed by atoms with Crippen molar-refractivity contribution in [1.29, 1.82) is 0 Å². The van der Waals surface area contributed by atoms with Gasteiger partial charge in [0.1, 0.15) is 0 Å². The van der Waals surface area contributed by atoms with E-state index in [-0.39, 0.29) is 11.2 Å². The van der Waals surface area contributed by atoms with E-state index >= 15 is 0 Å². The second-order valence-electron chi connectivity index (χ2n) is 6.28. The Morgan fingerprint density at radius 2 is 1.45 bits per heavy atom. The molecule has 2 rings (SSSR count). The third-order valence-corrected chi connectivity index (χ3v) is 4.08. The number of halogens is 2. The van der Waals surface area contributed by atoms with Crippen LogP contribution in [0.25, 0.3) is 0 Å². The Morgan fingerprint density at radius 3 is 1.90 bits per heavy atom. The summed E-state index contributed by atoms with van der Waals surface area (Å²) in [5.74, 6) is -1.81. The molecule has 1 saturated heterocycles. The Bertz CT molecular complexity index is 516. The monoisotopic (exact) mass is 283 g/mol. The van der Waals surface area contributed by atoms with Gasteiger partial charge in [-0.1, -0.05) is 6.07 Å². The summed E-state index contributed by atoms with van der Waals surface area (Å²) < 4.78 is 39.7. The molecule has 1 aromatic rings. The first-order chi connectivity index (χ1) is 9.07. The van der Waals surface area contributed by atoms with Crippen LogP contribution >= 0.6 is 0 Å². The average Bonchev–Trinajstić information content (AvgIpc) is 2.51. The first-order valence-electron chi connectivity index (χ1n) is 6.58. The number of anilines is 1. The second-order valence-corrected chi connectivity index (χ2v) is 6.28. The zero-order chi connectivity index (χ0) is 15.3. The van der Waals surface area contributed by atoms with Crippen molar-refractivity contribution in [2.45, 2.75) is 38.9 Å². The summed E-state index contributed by atoms with van der Waals surface area (Å²) in [6.07, 6.45) is 0. The lowest BCUT2D eigenvalue weighted by Gasteiger charge is -2.32. The van der Waals surface area contributed by atoms with Crippen LogP contribution in [0.5, 0.6) is 0 Å². The molecule has 0 N–H and O–H groups in total. The van der Waals surface area contributed by atoms with Gasteiger partial charge in [0.15, 0.2) is 11.6 Å². The minimum absolute atomic E-state index is 0.0896. The minimum Gasteiger partial charge on any atom is -0.399 e. The van der Waals surface area contributed by atoms with Crippen molar-refractivity contribution < 1.29 is 18.1 Å². The molecule has 1 aliphatic rings. The maximum atomic E-state index is 14.2. The van der Waals surface area contributed by atoms with E-state index in [1.165, 1.54) is 17.0 Å². The molecule has 0 spiro atoms. The molecule has 0 aromatic heterocycles. The molecule has 0 saturated carbocycles. The summed E-state index contributed by atoms with van der Waals surface area (Å²) in [5.41, 5.74) is -0.878. The van der Waals surface area contributed by atoms with Crippen LogP contribution in [-0.2, 0) is 9.31 Å². The Balaban J connectivity index is 2.39. The lowest BCUT2D eigenvalue weighted by atomic mass is 9.78. The van der Waals surface area contributed by atoms with E-state index in [0.29, 0.717) is 0 Å². The van der Waals surface area contributed by atoms with Gasteiger partial charge in [0.25, 0.3) is 0 Å². The molecule has 0 unspecified atom stereocenters. The number of hydrogen-bond acceptors (Lipinski definition) is 3. The molecule has 20 heavy (non-hydrogen) atoms. The lowest BCUT2D eigenvalue weighted by Crippen LogP contribution is -2.41. The molecule has 0 atom stereocenters. The van der Waals surface area contributed by atoms with Crippen molar-refractivity contribution in [2.75, 3.05) is 19.0 Å². The summed E-state index contributed by atoms with van der Waals surface area (Å²) >= 11 is 0. The Kier molecular flexibility index (Phi) is 3.59. The molecule has 1 aliphatic heterocycles. The zero-order valence-corrected chi connectivity index (χ0v) is 12.8. The van der Waals surface area contributed by atoms with Crippen LogP contribution in [0.3, 0.4) is 0 Å². The van der Waals surface area contributed by atoms with Crippen LogP contribution in [0, 0.1) is 11.6 Å². The number of hydrogen-bond donors (Lipinski definition) is 0. The van der Waals surface area contributed by atoms with Gasteiger partial charge in [-0.3, -0.25) is 0 Å². The number of benzene rings is 1. The second kappa shape index (κ2) is 4.70. The molecule has 0 amide bonds. The summed E-state index contributed by atoms with van der Waals surface area (Å²) in [6, 6.07) is 3.04. The predicted molar refractivity (Wildman–Crippen MR) is 76.4 cm³/mol. The molecule has 6 heteroatoms. The SMILES string of the molecule is CN(C)c1ccc(B2OC(C)(C)C(C)(C)O2)c(F)c1F. The topological polar surface area (TPSA) is 21.7 Å². The van der Waals surface area contributed by atoms with Crippen molar-refractivity contribution in [3.63, 3.8) is 0 Å². The van der Waals surface area contributed by atoms with E-state index in [2.05, 4.69) is 0 Å². The molecule has 0 radical (unpaired) electrons. The average molecular weight is 283 g/mol. The standard InChI is InChI=1S/C14H20BF2NO2/c1-13(2)14(3,4)20-15(19-13)9-7-8-10(18(5)6)12(17)11(9)16/h7-8H,1-6H3.